The molecule has 34 heavy (non-hydrogen) atoms. The summed E-state index contributed by atoms with van der Waals surface area (Å²) < 4.78 is 0. The van der Waals surface area contributed by atoms with E-state index in [2.05, 4.69) is 46.8 Å². The fourth-order valence-electron chi connectivity index (χ4n) is 3.88. The van der Waals surface area contributed by atoms with Crippen LogP contribution in [-0.4, -0.2) is 35.7 Å². The molecule has 178 valence electrons. The van der Waals surface area contributed by atoms with Gasteiger partial charge in [-0.3, -0.25) is 14.6 Å². The smallest absolute Gasteiger partial charge is 0.243 e. The Hall–Kier alpha value is -3.54. The summed E-state index contributed by atoms with van der Waals surface area (Å²) >= 11 is 0. The van der Waals surface area contributed by atoms with Crippen molar-refractivity contribution in [3.63, 3.8) is 0 Å². The molecule has 0 spiro atoms. The van der Waals surface area contributed by atoms with E-state index in [1.165, 1.54) is 5.56 Å². The number of hydrogen-bond acceptors (Lipinski definition) is 4. The molecule has 6 nitrogen and oxygen atoms in total. The van der Waals surface area contributed by atoms with Gasteiger partial charge in [-0.2, -0.15) is 0 Å². The molecule has 6 heteroatoms. The van der Waals surface area contributed by atoms with Crippen LogP contribution in [0.4, 0.5) is 0 Å². The van der Waals surface area contributed by atoms with Crippen molar-refractivity contribution in [3.05, 3.63) is 65.9 Å². The van der Waals surface area contributed by atoms with Crippen molar-refractivity contribution in [1.82, 2.24) is 15.6 Å². The average Bonchev–Trinajstić information content (AvgIpc) is 2.84. The summed E-state index contributed by atoms with van der Waals surface area (Å²) in [5.74, 6) is -0.761. The van der Waals surface area contributed by atoms with Gasteiger partial charge in [0.2, 0.25) is 11.8 Å². The van der Waals surface area contributed by atoms with Gasteiger partial charge in [-0.05, 0) is 54.8 Å². The first-order valence-electron chi connectivity index (χ1n) is 11.7. The Kier molecular flexibility index (Phi) is 7.82. The van der Waals surface area contributed by atoms with E-state index in [-0.39, 0.29) is 24.3 Å². The van der Waals surface area contributed by atoms with Crippen LogP contribution in [0.2, 0.25) is 0 Å². The number of pyridine rings is 1. The molecule has 1 aromatic heterocycles. The highest BCUT2D eigenvalue weighted by Gasteiger charge is 2.34. The van der Waals surface area contributed by atoms with Gasteiger partial charge in [-0.15, -0.1) is 0 Å². The Bertz CT molecular complexity index is 1200. The molecule has 0 aliphatic carbocycles. The van der Waals surface area contributed by atoms with E-state index >= 15 is 0 Å². The molecule has 3 rings (SSSR count). The number of carbonyl (C=O) groups excluding carboxylic acids is 3. The molecular formula is C28H33N3O3. The average molecular weight is 460 g/mol. The number of hydrogen-bond donors (Lipinski definition) is 2. The number of amides is 2. The second kappa shape index (κ2) is 10.6. The molecule has 0 fully saturated rings. The van der Waals surface area contributed by atoms with Crippen LogP contribution in [0.3, 0.4) is 0 Å². The fraction of sp³-hybridized carbons (Fsp3) is 0.357. The Morgan fingerprint density at radius 2 is 1.82 bits per heavy atom. The van der Waals surface area contributed by atoms with E-state index in [1.807, 2.05) is 58.2 Å². The van der Waals surface area contributed by atoms with E-state index in [4.69, 9.17) is 0 Å². The molecule has 2 N–H and O–H groups in total. The standard InChI is InChI=1S/C28H33N3O3/c1-6-19-10-11-21-17-30-24(16-22(21)14-19)20-8-7-9-23(15-20)28(4,5)27(34)31-25(18(2)3)26(33)29-12-13-32/h7-11,13-18,25H,6,12H2,1-5H3,(H,29,33)(H,31,34). The minimum Gasteiger partial charge on any atom is -0.348 e. The van der Waals surface area contributed by atoms with E-state index in [0.717, 1.165) is 34.0 Å². The summed E-state index contributed by atoms with van der Waals surface area (Å²) in [7, 11) is 0. The summed E-state index contributed by atoms with van der Waals surface area (Å²) in [5.41, 5.74) is 2.97. The third-order valence-corrected chi connectivity index (χ3v) is 6.24. The van der Waals surface area contributed by atoms with Gasteiger partial charge in [0.05, 0.1) is 17.7 Å². The monoisotopic (exact) mass is 459 g/mol. The number of carbonyl (C=O) groups is 3. The molecule has 2 aromatic carbocycles. The molecule has 1 atom stereocenters. The fourth-order valence-corrected chi connectivity index (χ4v) is 3.88. The SMILES string of the molecule is CCc1ccc2cnc(-c3cccc(C(C)(C)C(=O)NC(C(=O)NCC=O)C(C)C)c3)cc2c1. The first-order chi connectivity index (χ1) is 16.2. The lowest BCUT2D eigenvalue weighted by Gasteiger charge is -2.29. The first-order valence-corrected chi connectivity index (χ1v) is 11.7. The predicted octanol–water partition coefficient (Wildman–Crippen LogP) is 4.20. The normalized spacial score (nSPS) is 12.4. The number of aromatic nitrogens is 1. The number of benzene rings is 2. The Labute approximate surface area is 201 Å². The molecule has 0 aliphatic heterocycles. The molecule has 2 amide bonds. The van der Waals surface area contributed by atoms with Crippen molar-refractivity contribution < 1.29 is 14.4 Å². The summed E-state index contributed by atoms with van der Waals surface area (Å²) in [6, 6.07) is 15.5. The lowest BCUT2D eigenvalue weighted by Crippen LogP contribution is -2.54. The predicted molar refractivity (Wildman–Crippen MR) is 135 cm³/mol. The highest BCUT2D eigenvalue weighted by molar-refractivity contribution is 5.93. The minimum atomic E-state index is -0.889. The lowest BCUT2D eigenvalue weighted by molar-refractivity contribution is -0.132. The molecule has 0 radical (unpaired) electrons. The summed E-state index contributed by atoms with van der Waals surface area (Å²) in [5, 5.41) is 7.63. The number of rotatable bonds is 9. The summed E-state index contributed by atoms with van der Waals surface area (Å²) in [4.78, 5) is 41.0. The number of aldehydes is 1. The Morgan fingerprint density at radius 1 is 1.06 bits per heavy atom. The maximum Gasteiger partial charge on any atom is 0.243 e. The van der Waals surface area contributed by atoms with Crippen molar-refractivity contribution in [2.75, 3.05) is 6.54 Å². The lowest BCUT2D eigenvalue weighted by atomic mass is 9.82. The molecule has 0 aliphatic rings. The van der Waals surface area contributed by atoms with Crippen LogP contribution in [0.5, 0.6) is 0 Å². The number of fused-ring (bicyclic) bond motifs is 1. The zero-order valence-electron chi connectivity index (χ0n) is 20.5. The van der Waals surface area contributed by atoms with E-state index in [1.54, 1.807) is 0 Å². The van der Waals surface area contributed by atoms with Crippen molar-refractivity contribution in [3.8, 4) is 11.3 Å². The molecule has 1 heterocycles. The highest BCUT2D eigenvalue weighted by Crippen LogP contribution is 2.29. The van der Waals surface area contributed by atoms with Gasteiger partial charge in [-0.1, -0.05) is 57.2 Å². The van der Waals surface area contributed by atoms with Crippen molar-refractivity contribution in [2.45, 2.75) is 52.5 Å². The zero-order chi connectivity index (χ0) is 24.9. The third kappa shape index (κ3) is 5.50. The van der Waals surface area contributed by atoms with Crippen LogP contribution in [0.1, 0.15) is 45.7 Å². The van der Waals surface area contributed by atoms with Gasteiger partial charge >= 0.3 is 0 Å². The first kappa shape index (κ1) is 25.1. The van der Waals surface area contributed by atoms with Gasteiger partial charge in [-0.25, -0.2) is 0 Å². The third-order valence-electron chi connectivity index (χ3n) is 6.24. The molecule has 1 unspecified atom stereocenters. The largest absolute Gasteiger partial charge is 0.348 e. The van der Waals surface area contributed by atoms with Gasteiger partial charge in [0.15, 0.2) is 0 Å². The Balaban J connectivity index is 1.88. The second-order valence-corrected chi connectivity index (χ2v) is 9.42. The highest BCUT2D eigenvalue weighted by atomic mass is 16.2. The topological polar surface area (TPSA) is 88.2 Å². The van der Waals surface area contributed by atoms with Crippen LogP contribution in [-0.2, 0) is 26.2 Å². The molecule has 0 saturated heterocycles. The van der Waals surface area contributed by atoms with Crippen LogP contribution in [0.15, 0.2) is 54.7 Å². The zero-order valence-corrected chi connectivity index (χ0v) is 20.5. The van der Waals surface area contributed by atoms with Crippen LogP contribution < -0.4 is 10.6 Å². The van der Waals surface area contributed by atoms with E-state index in [9.17, 15) is 14.4 Å². The maximum absolute atomic E-state index is 13.3. The van der Waals surface area contributed by atoms with Crippen LogP contribution in [0.25, 0.3) is 22.0 Å². The molecular weight excluding hydrogens is 426 g/mol. The van der Waals surface area contributed by atoms with Crippen LogP contribution in [0, 0.1) is 5.92 Å². The van der Waals surface area contributed by atoms with Crippen molar-refractivity contribution >= 4 is 28.9 Å². The maximum atomic E-state index is 13.3. The quantitative estimate of drug-likeness (QED) is 0.470. The van der Waals surface area contributed by atoms with Gasteiger partial charge in [0.25, 0.3) is 0 Å². The van der Waals surface area contributed by atoms with Gasteiger partial charge in [0.1, 0.15) is 12.3 Å². The van der Waals surface area contributed by atoms with E-state index in [0.29, 0.717) is 6.29 Å². The summed E-state index contributed by atoms with van der Waals surface area (Å²) in [6.45, 7) is 9.44. The second-order valence-electron chi connectivity index (χ2n) is 9.42. The van der Waals surface area contributed by atoms with Crippen LogP contribution >= 0.6 is 0 Å². The molecule has 3 aromatic rings. The number of aryl methyl sites for hydroxylation is 1. The molecule has 0 saturated carbocycles. The van der Waals surface area contributed by atoms with E-state index < -0.39 is 11.5 Å². The van der Waals surface area contributed by atoms with Gasteiger partial charge in [0, 0.05) is 17.1 Å². The number of nitrogens with zero attached hydrogens (tertiary/aromatic N) is 1. The summed E-state index contributed by atoms with van der Waals surface area (Å²) in [6.07, 6.45) is 3.47. The Morgan fingerprint density at radius 3 is 2.50 bits per heavy atom. The molecule has 0 bridgehead atoms. The number of nitrogens with one attached hydrogen (secondary N) is 2. The minimum absolute atomic E-state index is 0.0815. The van der Waals surface area contributed by atoms with Crippen molar-refractivity contribution in [1.29, 1.82) is 0 Å². The van der Waals surface area contributed by atoms with Crippen molar-refractivity contribution in [2.24, 2.45) is 5.92 Å². The van der Waals surface area contributed by atoms with Gasteiger partial charge < -0.3 is 15.4 Å².